The van der Waals surface area contributed by atoms with Crippen molar-refractivity contribution in [2.75, 3.05) is 0 Å². The van der Waals surface area contributed by atoms with Gasteiger partial charge in [0.05, 0.1) is 27.9 Å². The van der Waals surface area contributed by atoms with E-state index in [1.807, 2.05) is 36.4 Å². The summed E-state index contributed by atoms with van der Waals surface area (Å²) < 4.78 is 4.66. The second-order valence-corrected chi connectivity index (χ2v) is 12.7. The van der Waals surface area contributed by atoms with E-state index < -0.39 is 0 Å². The molecule has 0 spiro atoms. The molecule has 4 nitrogen and oxygen atoms in total. The predicted molar refractivity (Wildman–Crippen MR) is 207 cm³/mol. The molecule has 0 aliphatic carbocycles. The average Bonchev–Trinajstić information content (AvgIpc) is 3.77. The number of hydrogen-bond donors (Lipinski definition) is 0. The van der Waals surface area contributed by atoms with Crippen LogP contribution < -0.4 is 0 Å². The fraction of sp³-hybridized carbons (Fsp3) is 0. The van der Waals surface area contributed by atoms with Crippen molar-refractivity contribution in [2.24, 2.45) is 0 Å². The molecule has 0 aliphatic rings. The van der Waals surface area contributed by atoms with E-state index in [-0.39, 0.29) is 0 Å². The smallest absolute Gasteiger partial charge is 0.160 e. The summed E-state index contributed by atoms with van der Waals surface area (Å²) in [5.41, 5.74) is 10.8. The quantitative estimate of drug-likeness (QED) is 0.188. The normalized spacial score (nSPS) is 11.6. The van der Waals surface area contributed by atoms with Gasteiger partial charge in [-0.1, -0.05) is 115 Å². The molecule has 0 amide bonds. The van der Waals surface area contributed by atoms with Crippen molar-refractivity contribution in [3.8, 4) is 45.3 Å². The average molecular weight is 639 g/mol. The Labute approximate surface area is 289 Å². The van der Waals surface area contributed by atoms with Crippen molar-refractivity contribution in [1.82, 2.24) is 19.1 Å². The molecular weight excluding hydrogens is 609 g/mol. The Kier molecular flexibility index (Phi) is 6.46. The van der Waals surface area contributed by atoms with Crippen molar-refractivity contribution < 1.29 is 0 Å². The molecule has 10 rings (SSSR count). The highest BCUT2D eigenvalue weighted by Gasteiger charge is 2.16. The fourth-order valence-corrected chi connectivity index (χ4v) is 7.35. The van der Waals surface area contributed by atoms with Crippen molar-refractivity contribution in [2.45, 2.75) is 0 Å². The van der Waals surface area contributed by atoms with E-state index in [1.165, 1.54) is 43.5 Å². The van der Waals surface area contributed by atoms with Gasteiger partial charge in [-0.2, -0.15) is 0 Å². The van der Waals surface area contributed by atoms with Gasteiger partial charge in [0.1, 0.15) is 0 Å². The van der Waals surface area contributed by atoms with Crippen LogP contribution in [-0.2, 0) is 0 Å². The van der Waals surface area contributed by atoms with Crippen LogP contribution in [0.4, 0.5) is 0 Å². The summed E-state index contributed by atoms with van der Waals surface area (Å²) in [6.07, 6.45) is 2.18. The third-order valence-corrected chi connectivity index (χ3v) is 9.76. The predicted octanol–water partition coefficient (Wildman–Crippen LogP) is 11.7. The number of nitrogens with zero attached hydrogens (tertiary/aromatic N) is 4. The van der Waals surface area contributed by atoms with Crippen LogP contribution >= 0.6 is 0 Å². The molecule has 0 aliphatic heterocycles. The first kappa shape index (κ1) is 28.3. The maximum Gasteiger partial charge on any atom is 0.160 e. The highest BCUT2D eigenvalue weighted by Crippen LogP contribution is 2.38. The van der Waals surface area contributed by atoms with Crippen molar-refractivity contribution in [1.29, 1.82) is 0 Å². The molecule has 10 aromatic rings. The van der Waals surface area contributed by atoms with Gasteiger partial charge in [-0.25, -0.2) is 9.97 Å². The summed E-state index contributed by atoms with van der Waals surface area (Å²) >= 11 is 0. The highest BCUT2D eigenvalue weighted by atomic mass is 15.0. The van der Waals surface area contributed by atoms with E-state index in [4.69, 9.17) is 9.97 Å². The monoisotopic (exact) mass is 638 g/mol. The van der Waals surface area contributed by atoms with E-state index in [0.717, 1.165) is 39.5 Å². The summed E-state index contributed by atoms with van der Waals surface area (Å²) in [7, 11) is 0. The SMILES string of the molecule is c1ccc(-c2cc(-c3ccc(-n4c5ccccc5c5cc6c(ccc7c6ccn7-c6ccccc6)cc54)cc3)nc(-c3ccccc3)n2)cc1. The van der Waals surface area contributed by atoms with Crippen LogP contribution in [0.25, 0.3) is 88.8 Å². The molecule has 3 aromatic heterocycles. The van der Waals surface area contributed by atoms with E-state index in [0.29, 0.717) is 5.82 Å². The van der Waals surface area contributed by atoms with Crippen LogP contribution in [0.15, 0.2) is 182 Å². The highest BCUT2D eigenvalue weighted by molar-refractivity contribution is 6.18. The zero-order valence-electron chi connectivity index (χ0n) is 27.1. The summed E-state index contributed by atoms with van der Waals surface area (Å²) in [5, 5.41) is 6.22. The van der Waals surface area contributed by atoms with Crippen molar-refractivity contribution in [3.63, 3.8) is 0 Å². The molecule has 7 aromatic carbocycles. The molecule has 0 atom stereocenters. The lowest BCUT2D eigenvalue weighted by atomic mass is 10.0. The molecule has 0 bridgehead atoms. The van der Waals surface area contributed by atoms with Gasteiger partial charge in [-0.05, 0) is 71.4 Å². The Morgan fingerprint density at radius 1 is 0.360 bits per heavy atom. The topological polar surface area (TPSA) is 35.6 Å². The Balaban J connectivity index is 1.11. The standard InChI is InChI=1S/C46H30N4/c1-4-12-31(13-5-1)41-30-42(48-46(47-41)33-14-6-2-7-15-33)32-20-23-36(24-21-32)50-44-19-11-10-18-37(44)40-29-39-34(28-45(40)50)22-25-43-38(39)26-27-49(43)35-16-8-3-9-17-35/h1-30H. The van der Waals surface area contributed by atoms with Crippen LogP contribution in [0.2, 0.25) is 0 Å². The molecule has 0 fully saturated rings. The Hall–Kier alpha value is -6.78. The summed E-state index contributed by atoms with van der Waals surface area (Å²) in [6, 6.07) is 62.1. The molecule has 0 unspecified atom stereocenters. The number of para-hydroxylation sites is 2. The molecule has 3 heterocycles. The minimum atomic E-state index is 0.716. The molecule has 0 saturated carbocycles. The van der Waals surface area contributed by atoms with Crippen LogP contribution in [0.1, 0.15) is 0 Å². The maximum absolute atomic E-state index is 5.05. The lowest BCUT2D eigenvalue weighted by Gasteiger charge is -2.12. The van der Waals surface area contributed by atoms with Crippen LogP contribution in [0.3, 0.4) is 0 Å². The third kappa shape index (κ3) is 4.61. The molecule has 0 saturated heterocycles. The van der Waals surface area contributed by atoms with Gasteiger partial charge in [0, 0.05) is 50.4 Å². The first-order valence-electron chi connectivity index (χ1n) is 16.9. The summed E-state index contributed by atoms with van der Waals surface area (Å²) in [4.78, 5) is 10.0. The van der Waals surface area contributed by atoms with E-state index in [1.54, 1.807) is 0 Å². The van der Waals surface area contributed by atoms with Gasteiger partial charge in [0.2, 0.25) is 0 Å². The van der Waals surface area contributed by atoms with Crippen LogP contribution in [-0.4, -0.2) is 19.1 Å². The Bertz CT molecular complexity index is 2770. The number of aromatic nitrogens is 4. The molecule has 0 N–H and O–H groups in total. The third-order valence-electron chi connectivity index (χ3n) is 9.76. The van der Waals surface area contributed by atoms with Crippen molar-refractivity contribution in [3.05, 3.63) is 182 Å². The molecular formula is C46H30N4. The van der Waals surface area contributed by atoms with E-state index >= 15 is 0 Å². The minimum absolute atomic E-state index is 0.716. The molecule has 50 heavy (non-hydrogen) atoms. The fourth-order valence-electron chi connectivity index (χ4n) is 7.35. The molecule has 4 heteroatoms. The zero-order valence-corrected chi connectivity index (χ0v) is 27.1. The number of fused-ring (bicyclic) bond motifs is 6. The van der Waals surface area contributed by atoms with Gasteiger partial charge in [-0.3, -0.25) is 0 Å². The van der Waals surface area contributed by atoms with Crippen LogP contribution in [0.5, 0.6) is 0 Å². The minimum Gasteiger partial charge on any atom is -0.317 e. The van der Waals surface area contributed by atoms with Gasteiger partial charge < -0.3 is 9.13 Å². The second kappa shape index (κ2) is 11.4. The van der Waals surface area contributed by atoms with Crippen molar-refractivity contribution >= 4 is 43.5 Å². The first-order valence-corrected chi connectivity index (χ1v) is 16.9. The second-order valence-electron chi connectivity index (χ2n) is 12.7. The van der Waals surface area contributed by atoms with Crippen LogP contribution in [0, 0.1) is 0 Å². The Morgan fingerprint density at radius 3 is 1.72 bits per heavy atom. The van der Waals surface area contributed by atoms with Gasteiger partial charge in [0.25, 0.3) is 0 Å². The number of benzene rings is 7. The van der Waals surface area contributed by atoms with E-state index in [9.17, 15) is 0 Å². The zero-order chi connectivity index (χ0) is 33.0. The number of hydrogen-bond acceptors (Lipinski definition) is 2. The molecule has 234 valence electrons. The summed E-state index contributed by atoms with van der Waals surface area (Å²) in [5.74, 6) is 0.716. The van der Waals surface area contributed by atoms with Gasteiger partial charge in [0.15, 0.2) is 5.82 Å². The lowest BCUT2D eigenvalue weighted by molar-refractivity contribution is 1.13. The first-order chi connectivity index (χ1) is 24.8. The Morgan fingerprint density at radius 2 is 0.980 bits per heavy atom. The lowest BCUT2D eigenvalue weighted by Crippen LogP contribution is -1.97. The van der Waals surface area contributed by atoms with E-state index in [2.05, 4.69) is 155 Å². The van der Waals surface area contributed by atoms with Gasteiger partial charge >= 0.3 is 0 Å². The molecule has 0 radical (unpaired) electrons. The van der Waals surface area contributed by atoms with Gasteiger partial charge in [-0.15, -0.1) is 0 Å². The maximum atomic E-state index is 5.05. The number of rotatable bonds is 5. The largest absolute Gasteiger partial charge is 0.317 e. The summed E-state index contributed by atoms with van der Waals surface area (Å²) in [6.45, 7) is 0.